The first-order chi connectivity index (χ1) is 13.7. The molecular formula is C21H27FN6. The molecule has 1 saturated heterocycles. The molecular weight excluding hydrogens is 355 g/mol. The minimum absolute atomic E-state index is 0.0107. The molecule has 28 heavy (non-hydrogen) atoms. The van der Waals surface area contributed by atoms with Crippen molar-refractivity contribution in [3.63, 3.8) is 0 Å². The molecule has 0 aliphatic carbocycles. The quantitative estimate of drug-likeness (QED) is 0.686. The van der Waals surface area contributed by atoms with Crippen LogP contribution in [-0.2, 0) is 6.54 Å². The van der Waals surface area contributed by atoms with Gasteiger partial charge in [-0.1, -0.05) is 6.92 Å². The van der Waals surface area contributed by atoms with Gasteiger partial charge in [-0.05, 0) is 37.2 Å². The zero-order chi connectivity index (χ0) is 19.5. The summed E-state index contributed by atoms with van der Waals surface area (Å²) in [5.41, 5.74) is 4.83. The van der Waals surface area contributed by atoms with Gasteiger partial charge >= 0.3 is 0 Å². The van der Waals surface area contributed by atoms with Crippen LogP contribution in [0.1, 0.15) is 31.0 Å². The average molecular weight is 382 g/mol. The highest BCUT2D eigenvalue weighted by Crippen LogP contribution is 2.29. The molecule has 6 nitrogen and oxygen atoms in total. The number of halogens is 1. The Balaban J connectivity index is 1.50. The summed E-state index contributed by atoms with van der Waals surface area (Å²) in [5, 5.41) is 3.53. The first-order valence-corrected chi connectivity index (χ1v) is 9.92. The summed E-state index contributed by atoms with van der Waals surface area (Å²) >= 11 is 0. The van der Waals surface area contributed by atoms with Gasteiger partial charge in [0, 0.05) is 68.6 Å². The SMILES string of the molecule is CCN1CCN(c2ccc(F)cc2C(C)NCc2c[nH]c3nccnc23)CC1. The fourth-order valence-corrected chi connectivity index (χ4v) is 3.88. The fourth-order valence-electron chi connectivity index (χ4n) is 3.88. The molecule has 0 amide bonds. The Morgan fingerprint density at radius 3 is 2.75 bits per heavy atom. The molecule has 0 radical (unpaired) electrons. The lowest BCUT2D eigenvalue weighted by Gasteiger charge is -2.37. The predicted octanol–water partition coefficient (Wildman–Crippen LogP) is 3.09. The van der Waals surface area contributed by atoms with E-state index in [9.17, 15) is 4.39 Å². The lowest BCUT2D eigenvalue weighted by Crippen LogP contribution is -2.46. The summed E-state index contributed by atoms with van der Waals surface area (Å²) in [4.78, 5) is 16.6. The van der Waals surface area contributed by atoms with Gasteiger partial charge in [0.05, 0.1) is 0 Å². The minimum atomic E-state index is -0.197. The Morgan fingerprint density at radius 2 is 1.96 bits per heavy atom. The molecule has 1 aliphatic heterocycles. The lowest BCUT2D eigenvalue weighted by molar-refractivity contribution is 0.271. The smallest absolute Gasteiger partial charge is 0.156 e. The maximum absolute atomic E-state index is 14.0. The van der Waals surface area contributed by atoms with E-state index >= 15 is 0 Å². The number of rotatable bonds is 6. The standard InChI is InChI=1S/C21H27FN6/c1-3-27-8-10-28(11-9-27)19-5-4-17(22)12-18(19)15(2)25-13-16-14-26-21-20(16)23-6-7-24-21/h4-7,12,14-15,25H,3,8-11,13H2,1-2H3,(H,24,26). The van der Waals surface area contributed by atoms with E-state index in [4.69, 9.17) is 0 Å². The van der Waals surface area contributed by atoms with Crippen molar-refractivity contribution in [3.05, 3.63) is 53.7 Å². The van der Waals surface area contributed by atoms with Crippen molar-refractivity contribution < 1.29 is 4.39 Å². The first kappa shape index (κ1) is 18.8. The maximum atomic E-state index is 14.0. The van der Waals surface area contributed by atoms with E-state index in [1.807, 2.05) is 12.3 Å². The van der Waals surface area contributed by atoms with E-state index < -0.39 is 0 Å². The molecule has 3 aromatic rings. The predicted molar refractivity (Wildman–Crippen MR) is 110 cm³/mol. The van der Waals surface area contributed by atoms with Crippen LogP contribution in [0, 0.1) is 5.82 Å². The van der Waals surface area contributed by atoms with E-state index in [2.05, 4.69) is 43.9 Å². The third-order valence-corrected chi connectivity index (χ3v) is 5.60. The minimum Gasteiger partial charge on any atom is -0.369 e. The summed E-state index contributed by atoms with van der Waals surface area (Å²) in [5.74, 6) is -0.197. The molecule has 2 N–H and O–H groups in total. The highest BCUT2D eigenvalue weighted by atomic mass is 19.1. The molecule has 4 rings (SSSR count). The second-order valence-corrected chi connectivity index (χ2v) is 7.29. The van der Waals surface area contributed by atoms with Crippen molar-refractivity contribution in [2.45, 2.75) is 26.4 Å². The number of H-pyrrole nitrogens is 1. The van der Waals surface area contributed by atoms with E-state index in [0.717, 1.165) is 60.7 Å². The van der Waals surface area contributed by atoms with Crippen LogP contribution in [0.3, 0.4) is 0 Å². The van der Waals surface area contributed by atoms with Gasteiger partial charge in [-0.2, -0.15) is 0 Å². The average Bonchev–Trinajstić information content (AvgIpc) is 3.15. The molecule has 2 aromatic heterocycles. The van der Waals surface area contributed by atoms with E-state index in [-0.39, 0.29) is 11.9 Å². The molecule has 1 fully saturated rings. The van der Waals surface area contributed by atoms with E-state index in [0.29, 0.717) is 6.54 Å². The van der Waals surface area contributed by atoms with Crippen molar-refractivity contribution in [2.75, 3.05) is 37.6 Å². The topological polar surface area (TPSA) is 60.1 Å². The van der Waals surface area contributed by atoms with E-state index in [1.165, 1.54) is 0 Å². The second kappa shape index (κ2) is 8.24. The summed E-state index contributed by atoms with van der Waals surface area (Å²) in [7, 11) is 0. The van der Waals surface area contributed by atoms with Crippen molar-refractivity contribution in [3.8, 4) is 0 Å². The van der Waals surface area contributed by atoms with Gasteiger partial charge in [0.2, 0.25) is 0 Å². The van der Waals surface area contributed by atoms with Crippen LogP contribution in [0.5, 0.6) is 0 Å². The third kappa shape index (κ3) is 3.86. The Labute approximate surface area is 164 Å². The van der Waals surface area contributed by atoms with E-state index in [1.54, 1.807) is 24.5 Å². The van der Waals surface area contributed by atoms with Crippen LogP contribution in [0.15, 0.2) is 36.8 Å². The van der Waals surface area contributed by atoms with Crippen molar-refractivity contribution >= 4 is 16.9 Å². The summed E-state index contributed by atoms with van der Waals surface area (Å²) in [6, 6.07) is 5.15. The Hall–Kier alpha value is -2.51. The molecule has 0 spiro atoms. The van der Waals surface area contributed by atoms with Gasteiger partial charge in [-0.3, -0.25) is 4.98 Å². The lowest BCUT2D eigenvalue weighted by atomic mass is 10.0. The molecule has 0 bridgehead atoms. The number of piperazine rings is 1. The Bertz CT molecular complexity index is 932. The highest BCUT2D eigenvalue weighted by molar-refractivity contribution is 5.74. The molecule has 148 valence electrons. The van der Waals surface area contributed by atoms with Crippen LogP contribution in [0.2, 0.25) is 0 Å². The maximum Gasteiger partial charge on any atom is 0.156 e. The van der Waals surface area contributed by atoms with Crippen LogP contribution >= 0.6 is 0 Å². The Morgan fingerprint density at radius 1 is 1.18 bits per heavy atom. The van der Waals surface area contributed by atoms with Gasteiger partial charge < -0.3 is 20.1 Å². The normalized spacial score (nSPS) is 16.6. The number of likely N-dealkylation sites (N-methyl/N-ethyl adjacent to an activating group) is 1. The largest absolute Gasteiger partial charge is 0.369 e. The summed E-state index contributed by atoms with van der Waals surface area (Å²) in [6.45, 7) is 10.0. The number of nitrogens with one attached hydrogen (secondary N) is 2. The molecule has 0 saturated carbocycles. The van der Waals surface area contributed by atoms with Gasteiger partial charge in [-0.15, -0.1) is 0 Å². The van der Waals surface area contributed by atoms with Crippen LogP contribution in [-0.4, -0.2) is 52.6 Å². The van der Waals surface area contributed by atoms with Crippen molar-refractivity contribution in [2.24, 2.45) is 0 Å². The summed E-state index contributed by atoms with van der Waals surface area (Å²) in [6.07, 6.45) is 5.31. The fraction of sp³-hybridized carbons (Fsp3) is 0.429. The van der Waals surface area contributed by atoms with Crippen LogP contribution < -0.4 is 10.2 Å². The van der Waals surface area contributed by atoms with Crippen molar-refractivity contribution in [1.29, 1.82) is 0 Å². The van der Waals surface area contributed by atoms with Crippen LogP contribution in [0.25, 0.3) is 11.2 Å². The number of aromatic nitrogens is 3. The number of hydrogen-bond donors (Lipinski definition) is 2. The molecule has 1 aromatic carbocycles. The molecule has 1 aliphatic rings. The zero-order valence-electron chi connectivity index (χ0n) is 16.5. The number of aromatic amines is 1. The van der Waals surface area contributed by atoms with Crippen LogP contribution in [0.4, 0.5) is 10.1 Å². The molecule has 3 heterocycles. The van der Waals surface area contributed by atoms with Gasteiger partial charge in [0.15, 0.2) is 5.65 Å². The Kier molecular flexibility index (Phi) is 5.54. The first-order valence-electron chi connectivity index (χ1n) is 9.92. The molecule has 1 unspecified atom stereocenters. The summed E-state index contributed by atoms with van der Waals surface area (Å²) < 4.78 is 14.0. The van der Waals surface area contributed by atoms with Crippen molar-refractivity contribution in [1.82, 2.24) is 25.2 Å². The number of anilines is 1. The number of benzene rings is 1. The van der Waals surface area contributed by atoms with Gasteiger partial charge in [0.1, 0.15) is 11.3 Å². The number of hydrogen-bond acceptors (Lipinski definition) is 5. The number of fused-ring (bicyclic) bond motifs is 1. The van der Waals surface area contributed by atoms with Gasteiger partial charge in [-0.25, -0.2) is 9.37 Å². The molecule has 1 atom stereocenters. The third-order valence-electron chi connectivity index (χ3n) is 5.60. The molecule has 7 heteroatoms. The highest BCUT2D eigenvalue weighted by Gasteiger charge is 2.21. The number of nitrogens with zero attached hydrogens (tertiary/aromatic N) is 4. The second-order valence-electron chi connectivity index (χ2n) is 7.29. The zero-order valence-corrected chi connectivity index (χ0v) is 16.5. The monoisotopic (exact) mass is 382 g/mol. The van der Waals surface area contributed by atoms with Gasteiger partial charge in [0.25, 0.3) is 0 Å².